The molecule has 0 radical (unpaired) electrons. The Morgan fingerprint density at radius 2 is 1.45 bits per heavy atom. The van der Waals surface area contributed by atoms with Crippen LogP contribution in [-0.2, 0) is 30.5 Å². The molecule has 4 rings (SSSR count). The number of nitrogens with zero attached hydrogens (tertiary/aromatic N) is 2. The van der Waals surface area contributed by atoms with Crippen LogP contribution < -0.4 is 19.9 Å². The summed E-state index contributed by atoms with van der Waals surface area (Å²) < 4.78 is 43.0. The SMILES string of the molecule is CCc1ccc(S(=O)(=O)Nc2cc3c(cc2Oc2ccc(OC)cc2)n(C)c(=O)n3C)cc1. The zero-order valence-electron chi connectivity index (χ0n) is 18.8. The highest BCUT2D eigenvalue weighted by atomic mass is 32.2. The molecule has 0 saturated heterocycles. The van der Waals surface area contributed by atoms with Crippen molar-refractivity contribution in [1.82, 2.24) is 9.13 Å². The highest BCUT2D eigenvalue weighted by molar-refractivity contribution is 7.92. The number of imidazole rings is 1. The molecule has 172 valence electrons. The molecule has 1 heterocycles. The second-order valence-corrected chi connectivity index (χ2v) is 9.30. The van der Waals surface area contributed by atoms with Crippen molar-refractivity contribution in [2.75, 3.05) is 11.8 Å². The molecule has 0 unspecified atom stereocenters. The molecule has 0 atom stereocenters. The number of anilines is 1. The van der Waals surface area contributed by atoms with E-state index >= 15 is 0 Å². The number of methoxy groups -OCH3 is 1. The Morgan fingerprint density at radius 1 is 0.879 bits per heavy atom. The first-order chi connectivity index (χ1) is 15.7. The molecule has 33 heavy (non-hydrogen) atoms. The summed E-state index contributed by atoms with van der Waals surface area (Å²) in [5, 5.41) is 0. The van der Waals surface area contributed by atoms with E-state index in [1.807, 2.05) is 6.92 Å². The molecule has 1 aromatic heterocycles. The Bertz CT molecular complexity index is 1470. The number of hydrogen-bond donors (Lipinski definition) is 1. The van der Waals surface area contributed by atoms with E-state index in [1.54, 1.807) is 81.9 Å². The van der Waals surface area contributed by atoms with Gasteiger partial charge in [-0.1, -0.05) is 19.1 Å². The fourth-order valence-electron chi connectivity index (χ4n) is 3.57. The molecule has 0 aliphatic carbocycles. The molecule has 0 spiro atoms. The second kappa shape index (κ2) is 8.67. The van der Waals surface area contributed by atoms with Crippen molar-refractivity contribution in [3.05, 3.63) is 76.7 Å². The number of benzene rings is 3. The van der Waals surface area contributed by atoms with Crippen LogP contribution in [0.3, 0.4) is 0 Å². The fourth-order valence-corrected chi connectivity index (χ4v) is 4.63. The molecule has 0 saturated carbocycles. The lowest BCUT2D eigenvalue weighted by atomic mass is 10.2. The van der Waals surface area contributed by atoms with Gasteiger partial charge in [0.2, 0.25) is 0 Å². The maximum absolute atomic E-state index is 13.1. The van der Waals surface area contributed by atoms with E-state index in [-0.39, 0.29) is 22.0 Å². The lowest BCUT2D eigenvalue weighted by Crippen LogP contribution is -2.19. The third kappa shape index (κ3) is 4.31. The van der Waals surface area contributed by atoms with Gasteiger partial charge in [-0.05, 0) is 54.4 Å². The van der Waals surface area contributed by atoms with Crippen molar-refractivity contribution < 1.29 is 17.9 Å². The molecule has 0 fully saturated rings. The minimum Gasteiger partial charge on any atom is -0.497 e. The quantitative estimate of drug-likeness (QED) is 0.443. The summed E-state index contributed by atoms with van der Waals surface area (Å²) in [6, 6.07) is 16.9. The number of aromatic nitrogens is 2. The van der Waals surface area contributed by atoms with Gasteiger partial charge in [0.1, 0.15) is 11.5 Å². The van der Waals surface area contributed by atoms with Crippen LogP contribution in [0.5, 0.6) is 17.2 Å². The first kappa shape index (κ1) is 22.5. The largest absolute Gasteiger partial charge is 0.497 e. The minimum atomic E-state index is -3.89. The summed E-state index contributed by atoms with van der Waals surface area (Å²) in [4.78, 5) is 12.6. The van der Waals surface area contributed by atoms with Crippen LogP contribution in [0.1, 0.15) is 12.5 Å². The number of aryl methyl sites for hydroxylation is 3. The summed E-state index contributed by atoms with van der Waals surface area (Å²) in [7, 11) is 0.965. The number of nitrogens with one attached hydrogen (secondary N) is 1. The van der Waals surface area contributed by atoms with Crippen LogP contribution in [0, 0.1) is 0 Å². The smallest absolute Gasteiger partial charge is 0.328 e. The van der Waals surface area contributed by atoms with Crippen molar-refractivity contribution in [2.24, 2.45) is 14.1 Å². The van der Waals surface area contributed by atoms with E-state index in [1.165, 1.54) is 9.13 Å². The second-order valence-electron chi connectivity index (χ2n) is 7.62. The third-order valence-corrected chi connectivity index (χ3v) is 6.93. The van der Waals surface area contributed by atoms with Crippen LogP contribution in [0.4, 0.5) is 5.69 Å². The van der Waals surface area contributed by atoms with E-state index in [2.05, 4.69) is 4.72 Å². The number of hydrogen-bond acceptors (Lipinski definition) is 5. The Balaban J connectivity index is 1.80. The van der Waals surface area contributed by atoms with Gasteiger partial charge in [-0.25, -0.2) is 13.2 Å². The fraction of sp³-hybridized carbons (Fsp3) is 0.208. The molecule has 0 amide bonds. The molecule has 0 bridgehead atoms. The number of ether oxygens (including phenoxy) is 2. The van der Waals surface area contributed by atoms with Crippen molar-refractivity contribution in [3.63, 3.8) is 0 Å². The summed E-state index contributed by atoms with van der Waals surface area (Å²) in [6.07, 6.45) is 0.812. The van der Waals surface area contributed by atoms with Gasteiger partial charge >= 0.3 is 5.69 Å². The third-order valence-electron chi connectivity index (χ3n) is 5.55. The predicted molar refractivity (Wildman–Crippen MR) is 128 cm³/mol. The zero-order valence-corrected chi connectivity index (χ0v) is 19.6. The molecule has 4 aromatic rings. The van der Waals surface area contributed by atoms with E-state index in [0.717, 1.165) is 12.0 Å². The van der Waals surface area contributed by atoms with Crippen molar-refractivity contribution in [3.8, 4) is 17.2 Å². The number of rotatable bonds is 7. The Labute approximate surface area is 192 Å². The zero-order chi connectivity index (χ0) is 23.8. The van der Waals surface area contributed by atoms with Crippen LogP contribution in [0.15, 0.2) is 70.4 Å². The van der Waals surface area contributed by atoms with Crippen molar-refractivity contribution in [1.29, 1.82) is 0 Å². The average molecular weight is 468 g/mol. The van der Waals surface area contributed by atoms with Gasteiger partial charge in [-0.15, -0.1) is 0 Å². The Kier molecular flexibility index (Phi) is 5.90. The molecule has 8 nitrogen and oxygen atoms in total. The van der Waals surface area contributed by atoms with Gasteiger partial charge in [-0.3, -0.25) is 13.9 Å². The van der Waals surface area contributed by atoms with Crippen LogP contribution in [0.25, 0.3) is 11.0 Å². The number of sulfonamides is 1. The molecular weight excluding hydrogens is 442 g/mol. The number of fused-ring (bicyclic) bond motifs is 1. The summed E-state index contributed by atoms with van der Waals surface area (Å²) in [5.74, 6) is 1.42. The molecule has 9 heteroatoms. The topological polar surface area (TPSA) is 91.6 Å². The van der Waals surface area contributed by atoms with Crippen molar-refractivity contribution in [2.45, 2.75) is 18.2 Å². The van der Waals surface area contributed by atoms with Gasteiger partial charge in [0.05, 0.1) is 28.7 Å². The van der Waals surface area contributed by atoms with E-state index in [0.29, 0.717) is 22.5 Å². The van der Waals surface area contributed by atoms with Gasteiger partial charge in [0.15, 0.2) is 5.75 Å². The van der Waals surface area contributed by atoms with Crippen LogP contribution in [-0.4, -0.2) is 24.7 Å². The van der Waals surface area contributed by atoms with Gasteiger partial charge in [0.25, 0.3) is 10.0 Å². The maximum Gasteiger partial charge on any atom is 0.328 e. The average Bonchev–Trinajstić information content (AvgIpc) is 3.03. The van der Waals surface area contributed by atoms with Crippen LogP contribution in [0.2, 0.25) is 0 Å². The first-order valence-corrected chi connectivity index (χ1v) is 11.8. The maximum atomic E-state index is 13.1. The summed E-state index contributed by atoms with van der Waals surface area (Å²) in [5.41, 5.74) is 2.22. The molecule has 1 N–H and O–H groups in total. The van der Waals surface area contributed by atoms with Crippen LogP contribution >= 0.6 is 0 Å². The normalized spacial score (nSPS) is 11.5. The summed E-state index contributed by atoms with van der Waals surface area (Å²) >= 11 is 0. The van der Waals surface area contributed by atoms with Gasteiger partial charge in [0, 0.05) is 20.2 Å². The van der Waals surface area contributed by atoms with Gasteiger partial charge in [-0.2, -0.15) is 0 Å². The van der Waals surface area contributed by atoms with E-state index < -0.39 is 10.0 Å². The standard InChI is InChI=1S/C24H25N3O5S/c1-5-16-6-12-19(13-7-16)33(29,30)25-20-14-21-22(27(3)24(28)26(21)2)15-23(20)32-18-10-8-17(31-4)9-11-18/h6-15,25H,5H2,1-4H3. The molecule has 0 aliphatic heterocycles. The predicted octanol–water partition coefficient (Wildman–Crippen LogP) is 4.04. The lowest BCUT2D eigenvalue weighted by Gasteiger charge is -2.15. The van der Waals surface area contributed by atoms with E-state index in [9.17, 15) is 13.2 Å². The summed E-state index contributed by atoms with van der Waals surface area (Å²) in [6.45, 7) is 2.00. The highest BCUT2D eigenvalue weighted by Crippen LogP contribution is 2.35. The van der Waals surface area contributed by atoms with E-state index in [4.69, 9.17) is 9.47 Å². The lowest BCUT2D eigenvalue weighted by molar-refractivity contribution is 0.413. The Morgan fingerprint density at radius 3 is 2.03 bits per heavy atom. The first-order valence-electron chi connectivity index (χ1n) is 10.4. The highest BCUT2D eigenvalue weighted by Gasteiger charge is 2.20. The van der Waals surface area contributed by atoms with Crippen molar-refractivity contribution >= 4 is 26.7 Å². The minimum absolute atomic E-state index is 0.136. The molecule has 3 aromatic carbocycles. The monoisotopic (exact) mass is 467 g/mol. The Hall–Kier alpha value is -3.72. The van der Waals surface area contributed by atoms with Gasteiger partial charge < -0.3 is 9.47 Å². The molecule has 0 aliphatic rings. The molecular formula is C24H25N3O5S.